The van der Waals surface area contributed by atoms with Crippen molar-refractivity contribution in [1.82, 2.24) is 14.9 Å². The van der Waals surface area contributed by atoms with E-state index in [1.54, 1.807) is 12.0 Å². The Labute approximate surface area is 119 Å². The van der Waals surface area contributed by atoms with E-state index in [-0.39, 0.29) is 17.9 Å². The maximum Gasteiger partial charge on any atom is 0.274 e. The molecule has 2 heterocycles. The molecular weight excluding hydrogens is 256 g/mol. The minimum absolute atomic E-state index is 0.0975. The predicted octanol–water partition coefficient (Wildman–Crippen LogP) is 1.43. The van der Waals surface area contributed by atoms with Gasteiger partial charge in [0.25, 0.3) is 5.91 Å². The maximum atomic E-state index is 12.6. The molecule has 110 valence electrons. The molecule has 0 saturated carbocycles. The van der Waals surface area contributed by atoms with Crippen molar-refractivity contribution < 1.29 is 9.53 Å². The van der Waals surface area contributed by atoms with Crippen LogP contribution < -0.4 is 5.73 Å². The summed E-state index contributed by atoms with van der Waals surface area (Å²) in [6, 6.07) is 0. The summed E-state index contributed by atoms with van der Waals surface area (Å²) in [6.07, 6.45) is 3.54. The summed E-state index contributed by atoms with van der Waals surface area (Å²) >= 11 is 0. The summed E-state index contributed by atoms with van der Waals surface area (Å²) in [5, 5.41) is 0. The highest BCUT2D eigenvalue weighted by Crippen LogP contribution is 2.19. The number of hydrogen-bond donors (Lipinski definition) is 1. The fourth-order valence-corrected chi connectivity index (χ4v) is 2.32. The predicted molar refractivity (Wildman–Crippen MR) is 76.5 cm³/mol. The average Bonchev–Trinajstić information content (AvgIpc) is 2.46. The first-order valence-electron chi connectivity index (χ1n) is 6.97. The van der Waals surface area contributed by atoms with Gasteiger partial charge in [-0.25, -0.2) is 9.97 Å². The minimum atomic E-state index is -0.131. The molecule has 1 aliphatic rings. The van der Waals surface area contributed by atoms with Crippen LogP contribution in [0.15, 0.2) is 6.20 Å². The van der Waals surface area contributed by atoms with Crippen LogP contribution in [0.2, 0.25) is 0 Å². The second-order valence-corrected chi connectivity index (χ2v) is 5.44. The van der Waals surface area contributed by atoms with Crippen LogP contribution in [-0.2, 0) is 4.74 Å². The Bertz CT molecular complexity index is 490. The molecule has 2 N–H and O–H groups in total. The topological polar surface area (TPSA) is 81.3 Å². The highest BCUT2D eigenvalue weighted by Gasteiger charge is 2.26. The number of carbonyl (C=O) groups is 1. The summed E-state index contributed by atoms with van der Waals surface area (Å²) in [4.78, 5) is 22.8. The molecule has 6 heteroatoms. The monoisotopic (exact) mass is 278 g/mol. The first-order chi connectivity index (χ1) is 9.52. The Morgan fingerprint density at radius 1 is 1.55 bits per heavy atom. The smallest absolute Gasteiger partial charge is 0.274 e. The van der Waals surface area contributed by atoms with Crippen molar-refractivity contribution in [3.63, 3.8) is 0 Å². The summed E-state index contributed by atoms with van der Waals surface area (Å²) in [5.41, 5.74) is 6.50. The lowest BCUT2D eigenvalue weighted by Crippen LogP contribution is -2.43. The number of methoxy groups -OCH3 is 1. The molecule has 1 aromatic rings. The second-order valence-electron chi connectivity index (χ2n) is 5.44. The third-order valence-electron chi connectivity index (χ3n) is 3.55. The SMILES string of the molecule is COC1CCCN(C(=O)c2nc(C(C)C)ncc2N)C1. The molecule has 1 saturated heterocycles. The first kappa shape index (κ1) is 14.7. The normalized spacial score (nSPS) is 19.4. The number of rotatable bonds is 3. The van der Waals surface area contributed by atoms with E-state index in [4.69, 9.17) is 10.5 Å². The molecule has 6 nitrogen and oxygen atoms in total. The fraction of sp³-hybridized carbons (Fsp3) is 0.643. The summed E-state index contributed by atoms with van der Waals surface area (Å²) in [5.74, 6) is 0.673. The second kappa shape index (κ2) is 6.17. The van der Waals surface area contributed by atoms with Crippen LogP contribution in [0, 0.1) is 0 Å². The van der Waals surface area contributed by atoms with E-state index in [2.05, 4.69) is 9.97 Å². The fourth-order valence-electron chi connectivity index (χ4n) is 2.32. The lowest BCUT2D eigenvalue weighted by atomic mass is 10.1. The van der Waals surface area contributed by atoms with Gasteiger partial charge in [-0.3, -0.25) is 4.79 Å². The molecule has 2 rings (SSSR count). The van der Waals surface area contributed by atoms with Gasteiger partial charge in [0.15, 0.2) is 5.69 Å². The highest BCUT2D eigenvalue weighted by atomic mass is 16.5. The Hall–Kier alpha value is -1.69. The van der Waals surface area contributed by atoms with Crippen LogP contribution in [-0.4, -0.2) is 47.1 Å². The highest BCUT2D eigenvalue weighted by molar-refractivity contribution is 5.97. The molecular formula is C14H22N4O2. The number of nitrogens with two attached hydrogens (primary N) is 1. The van der Waals surface area contributed by atoms with Crippen LogP contribution in [0.5, 0.6) is 0 Å². The van der Waals surface area contributed by atoms with E-state index in [1.807, 2.05) is 13.8 Å². The van der Waals surface area contributed by atoms with Gasteiger partial charge in [0.2, 0.25) is 0 Å². The van der Waals surface area contributed by atoms with Gasteiger partial charge in [-0.1, -0.05) is 13.8 Å². The Kier molecular flexibility index (Phi) is 4.54. The summed E-state index contributed by atoms with van der Waals surface area (Å²) in [7, 11) is 1.68. The molecule has 1 fully saturated rings. The molecule has 1 amide bonds. The third-order valence-corrected chi connectivity index (χ3v) is 3.55. The standard InChI is InChI=1S/C14H22N4O2/c1-9(2)13-16-7-11(15)12(17-13)14(19)18-6-4-5-10(8-18)20-3/h7,9-10H,4-6,8,15H2,1-3H3. The Morgan fingerprint density at radius 3 is 2.95 bits per heavy atom. The minimum Gasteiger partial charge on any atom is -0.396 e. The van der Waals surface area contributed by atoms with E-state index in [1.165, 1.54) is 6.20 Å². The van der Waals surface area contributed by atoms with E-state index in [0.717, 1.165) is 19.4 Å². The molecule has 1 aromatic heterocycles. The molecule has 0 radical (unpaired) electrons. The molecule has 0 aliphatic carbocycles. The van der Waals surface area contributed by atoms with E-state index in [0.29, 0.717) is 23.8 Å². The quantitative estimate of drug-likeness (QED) is 0.904. The maximum absolute atomic E-state index is 12.6. The number of aromatic nitrogens is 2. The summed E-state index contributed by atoms with van der Waals surface area (Å²) < 4.78 is 5.34. The number of piperidine rings is 1. The largest absolute Gasteiger partial charge is 0.396 e. The van der Waals surface area contributed by atoms with E-state index >= 15 is 0 Å². The first-order valence-corrected chi connectivity index (χ1v) is 6.97. The number of likely N-dealkylation sites (tertiary alicyclic amines) is 1. The van der Waals surface area contributed by atoms with Crippen LogP contribution >= 0.6 is 0 Å². The van der Waals surface area contributed by atoms with Crippen molar-refractivity contribution in [2.24, 2.45) is 0 Å². The van der Waals surface area contributed by atoms with Crippen molar-refractivity contribution in [3.05, 3.63) is 17.7 Å². The Balaban J connectivity index is 2.21. The van der Waals surface area contributed by atoms with Crippen molar-refractivity contribution in [2.45, 2.75) is 38.7 Å². The molecule has 20 heavy (non-hydrogen) atoms. The van der Waals surface area contributed by atoms with Crippen LogP contribution in [0.25, 0.3) is 0 Å². The number of carbonyl (C=O) groups excluding carboxylic acids is 1. The zero-order chi connectivity index (χ0) is 14.7. The van der Waals surface area contributed by atoms with Gasteiger partial charge in [0.1, 0.15) is 5.82 Å². The van der Waals surface area contributed by atoms with Crippen molar-refractivity contribution in [1.29, 1.82) is 0 Å². The van der Waals surface area contributed by atoms with E-state index < -0.39 is 0 Å². The zero-order valence-electron chi connectivity index (χ0n) is 12.3. The molecule has 0 bridgehead atoms. The number of hydrogen-bond acceptors (Lipinski definition) is 5. The number of nitrogens with zero attached hydrogens (tertiary/aromatic N) is 3. The summed E-state index contributed by atoms with van der Waals surface area (Å²) in [6.45, 7) is 5.29. The van der Waals surface area contributed by atoms with Crippen molar-refractivity contribution >= 4 is 11.6 Å². The van der Waals surface area contributed by atoms with Gasteiger partial charge in [-0.2, -0.15) is 0 Å². The third kappa shape index (κ3) is 3.07. The Morgan fingerprint density at radius 2 is 2.30 bits per heavy atom. The van der Waals surface area contributed by atoms with Crippen molar-refractivity contribution in [3.8, 4) is 0 Å². The number of ether oxygens (including phenoxy) is 1. The number of anilines is 1. The van der Waals surface area contributed by atoms with Crippen LogP contribution in [0.3, 0.4) is 0 Å². The molecule has 1 aliphatic heterocycles. The lowest BCUT2D eigenvalue weighted by molar-refractivity contribution is 0.0266. The lowest BCUT2D eigenvalue weighted by Gasteiger charge is -2.31. The van der Waals surface area contributed by atoms with Gasteiger partial charge >= 0.3 is 0 Å². The molecule has 0 aromatic carbocycles. The zero-order valence-corrected chi connectivity index (χ0v) is 12.3. The van der Waals surface area contributed by atoms with Gasteiger partial charge in [-0.15, -0.1) is 0 Å². The molecule has 1 atom stereocenters. The number of nitrogen functional groups attached to an aromatic ring is 1. The molecule has 0 spiro atoms. The van der Waals surface area contributed by atoms with Gasteiger partial charge in [-0.05, 0) is 12.8 Å². The average molecular weight is 278 g/mol. The molecule has 1 unspecified atom stereocenters. The van der Waals surface area contributed by atoms with Gasteiger partial charge in [0, 0.05) is 26.1 Å². The van der Waals surface area contributed by atoms with E-state index in [9.17, 15) is 4.79 Å². The van der Waals surface area contributed by atoms with Gasteiger partial charge in [0.05, 0.1) is 18.0 Å². The van der Waals surface area contributed by atoms with Crippen LogP contribution in [0.4, 0.5) is 5.69 Å². The van der Waals surface area contributed by atoms with Crippen molar-refractivity contribution in [2.75, 3.05) is 25.9 Å². The number of amides is 1. The van der Waals surface area contributed by atoms with Crippen LogP contribution in [0.1, 0.15) is 48.9 Å². The van der Waals surface area contributed by atoms with Gasteiger partial charge < -0.3 is 15.4 Å².